The molecule has 0 bridgehead atoms. The number of carbonyl (C=O) groups is 2. The van der Waals surface area contributed by atoms with E-state index in [0.717, 1.165) is 11.1 Å². The van der Waals surface area contributed by atoms with Crippen molar-refractivity contribution in [3.05, 3.63) is 35.4 Å². The number of hydrogen-bond acceptors (Lipinski definition) is 3. The molecule has 0 spiro atoms. The van der Waals surface area contributed by atoms with Crippen LogP contribution in [0.2, 0.25) is 0 Å². The Balaban J connectivity index is 2.63. The molecule has 1 rings (SSSR count). The fourth-order valence-corrected chi connectivity index (χ4v) is 1.43. The van der Waals surface area contributed by atoms with Crippen molar-refractivity contribution in [2.45, 2.75) is 26.8 Å². The van der Waals surface area contributed by atoms with E-state index < -0.39 is 17.4 Å². The molecule has 1 atom stereocenters. The molecule has 19 heavy (non-hydrogen) atoms. The maximum Gasteiger partial charge on any atom is 0.241 e. The Morgan fingerprint density at radius 2 is 1.79 bits per heavy atom. The molecular weight excluding hydrogens is 242 g/mol. The molecule has 0 fully saturated rings. The third kappa shape index (κ3) is 4.06. The molecule has 5 N–H and O–H groups in total. The molecule has 1 aromatic rings. The first-order valence-corrected chi connectivity index (χ1v) is 6.14. The Kier molecular flexibility index (Phi) is 4.67. The molecule has 5 nitrogen and oxygen atoms in total. The van der Waals surface area contributed by atoms with Crippen LogP contribution in [0.5, 0.6) is 0 Å². The zero-order valence-corrected chi connectivity index (χ0v) is 11.6. The Bertz CT molecular complexity index is 466. The van der Waals surface area contributed by atoms with Crippen molar-refractivity contribution in [2.24, 2.45) is 16.9 Å². The van der Waals surface area contributed by atoms with E-state index in [9.17, 15) is 9.59 Å². The second kappa shape index (κ2) is 5.84. The van der Waals surface area contributed by atoms with Gasteiger partial charge in [-0.3, -0.25) is 9.59 Å². The highest BCUT2D eigenvalue weighted by Crippen LogP contribution is 2.14. The van der Waals surface area contributed by atoms with E-state index in [1.165, 1.54) is 0 Å². The van der Waals surface area contributed by atoms with E-state index in [4.69, 9.17) is 11.5 Å². The molecule has 1 unspecified atom stereocenters. The highest BCUT2D eigenvalue weighted by molar-refractivity contribution is 5.85. The number of benzene rings is 1. The van der Waals surface area contributed by atoms with Gasteiger partial charge in [0, 0.05) is 6.54 Å². The molecule has 0 saturated carbocycles. The number of aryl methyl sites for hydroxylation is 1. The topological polar surface area (TPSA) is 98.2 Å². The van der Waals surface area contributed by atoms with E-state index in [1.807, 2.05) is 31.2 Å². The quantitative estimate of drug-likeness (QED) is 0.726. The van der Waals surface area contributed by atoms with Crippen LogP contribution in [-0.2, 0) is 9.59 Å². The number of nitrogens with two attached hydrogens (primary N) is 2. The molecule has 0 heterocycles. The Morgan fingerprint density at radius 1 is 1.26 bits per heavy atom. The predicted octanol–water partition coefficient (Wildman–Crippen LogP) is 0.623. The van der Waals surface area contributed by atoms with Gasteiger partial charge in [0.05, 0.1) is 5.41 Å². The Labute approximate surface area is 113 Å². The van der Waals surface area contributed by atoms with E-state index in [1.54, 1.807) is 13.8 Å². The zero-order chi connectivity index (χ0) is 14.6. The molecule has 0 aromatic heterocycles. The molecule has 2 amide bonds. The van der Waals surface area contributed by atoms with Crippen LogP contribution in [0.4, 0.5) is 0 Å². The maximum absolute atomic E-state index is 11.9. The summed E-state index contributed by atoms with van der Waals surface area (Å²) in [6, 6.07) is 6.69. The molecule has 5 heteroatoms. The fourth-order valence-electron chi connectivity index (χ4n) is 1.43. The third-order valence-corrected chi connectivity index (χ3v) is 3.09. The van der Waals surface area contributed by atoms with E-state index in [-0.39, 0.29) is 12.5 Å². The number of hydrogen-bond donors (Lipinski definition) is 3. The molecular formula is C14H21N3O2. The van der Waals surface area contributed by atoms with Crippen LogP contribution in [0.1, 0.15) is 31.0 Å². The number of nitrogens with one attached hydrogen (secondary N) is 1. The summed E-state index contributed by atoms with van der Waals surface area (Å²) in [6.45, 7) is 5.48. The van der Waals surface area contributed by atoms with Gasteiger partial charge < -0.3 is 16.8 Å². The summed E-state index contributed by atoms with van der Waals surface area (Å²) >= 11 is 0. The lowest BCUT2D eigenvalue weighted by Crippen LogP contribution is -2.44. The van der Waals surface area contributed by atoms with Crippen LogP contribution in [0.25, 0.3) is 0 Å². The van der Waals surface area contributed by atoms with Crippen molar-refractivity contribution in [2.75, 3.05) is 6.54 Å². The van der Waals surface area contributed by atoms with Gasteiger partial charge in [0.1, 0.15) is 6.04 Å². The van der Waals surface area contributed by atoms with E-state index in [0.29, 0.717) is 0 Å². The van der Waals surface area contributed by atoms with Crippen molar-refractivity contribution in [1.82, 2.24) is 5.32 Å². The number of amides is 2. The van der Waals surface area contributed by atoms with Gasteiger partial charge in [-0.2, -0.15) is 0 Å². The minimum absolute atomic E-state index is 0.167. The van der Waals surface area contributed by atoms with Gasteiger partial charge in [-0.1, -0.05) is 29.8 Å². The van der Waals surface area contributed by atoms with Crippen molar-refractivity contribution < 1.29 is 9.59 Å². The first-order chi connectivity index (χ1) is 8.74. The molecule has 0 saturated heterocycles. The van der Waals surface area contributed by atoms with Gasteiger partial charge in [-0.25, -0.2) is 0 Å². The molecule has 0 aliphatic carbocycles. The normalized spacial score (nSPS) is 12.8. The van der Waals surface area contributed by atoms with Crippen molar-refractivity contribution >= 4 is 11.8 Å². The lowest BCUT2D eigenvalue weighted by molar-refractivity contribution is -0.127. The first kappa shape index (κ1) is 15.2. The summed E-state index contributed by atoms with van der Waals surface area (Å²) < 4.78 is 0. The van der Waals surface area contributed by atoms with Crippen molar-refractivity contribution in [1.29, 1.82) is 0 Å². The minimum Gasteiger partial charge on any atom is -0.369 e. The SMILES string of the molecule is Cc1ccc(C(N)C(=O)NCC(C)(C)C(N)=O)cc1. The van der Waals surface area contributed by atoms with Crippen LogP contribution in [-0.4, -0.2) is 18.4 Å². The number of rotatable bonds is 5. The summed E-state index contributed by atoms with van der Waals surface area (Å²) in [5.74, 6) is -0.783. The highest BCUT2D eigenvalue weighted by Gasteiger charge is 2.26. The van der Waals surface area contributed by atoms with Crippen LogP contribution in [0.15, 0.2) is 24.3 Å². The van der Waals surface area contributed by atoms with Gasteiger partial charge in [-0.05, 0) is 26.3 Å². The largest absolute Gasteiger partial charge is 0.369 e. The zero-order valence-electron chi connectivity index (χ0n) is 11.6. The van der Waals surface area contributed by atoms with Crippen molar-refractivity contribution in [3.63, 3.8) is 0 Å². The molecule has 0 aliphatic heterocycles. The standard InChI is InChI=1S/C14H21N3O2/c1-9-4-6-10(7-5-9)11(15)12(18)17-8-14(2,3)13(16)19/h4-7,11H,8,15H2,1-3H3,(H2,16,19)(H,17,18). The summed E-state index contributed by atoms with van der Waals surface area (Å²) in [6.07, 6.45) is 0. The molecule has 0 radical (unpaired) electrons. The average Bonchev–Trinajstić information content (AvgIpc) is 2.36. The van der Waals surface area contributed by atoms with E-state index >= 15 is 0 Å². The van der Waals surface area contributed by atoms with Crippen LogP contribution < -0.4 is 16.8 Å². The Hall–Kier alpha value is -1.88. The van der Waals surface area contributed by atoms with Crippen LogP contribution in [0, 0.1) is 12.3 Å². The highest BCUT2D eigenvalue weighted by atomic mass is 16.2. The second-order valence-corrected chi connectivity index (χ2v) is 5.35. The van der Waals surface area contributed by atoms with Gasteiger partial charge >= 0.3 is 0 Å². The fraction of sp³-hybridized carbons (Fsp3) is 0.429. The van der Waals surface area contributed by atoms with Gasteiger partial charge in [0.2, 0.25) is 11.8 Å². The molecule has 104 valence electrons. The third-order valence-electron chi connectivity index (χ3n) is 3.09. The second-order valence-electron chi connectivity index (χ2n) is 5.35. The van der Waals surface area contributed by atoms with Gasteiger partial charge in [0.25, 0.3) is 0 Å². The monoisotopic (exact) mass is 263 g/mol. The van der Waals surface area contributed by atoms with Crippen molar-refractivity contribution in [3.8, 4) is 0 Å². The number of carbonyl (C=O) groups excluding carboxylic acids is 2. The Morgan fingerprint density at radius 3 is 2.26 bits per heavy atom. The lowest BCUT2D eigenvalue weighted by atomic mass is 9.92. The summed E-state index contributed by atoms with van der Waals surface area (Å²) in [5, 5.41) is 2.65. The smallest absolute Gasteiger partial charge is 0.241 e. The lowest BCUT2D eigenvalue weighted by Gasteiger charge is -2.22. The summed E-state index contributed by atoms with van der Waals surface area (Å²) in [7, 11) is 0. The summed E-state index contributed by atoms with van der Waals surface area (Å²) in [4.78, 5) is 23.1. The van der Waals surface area contributed by atoms with Crippen LogP contribution in [0.3, 0.4) is 0 Å². The summed E-state index contributed by atoms with van der Waals surface area (Å²) in [5.41, 5.74) is 12.2. The van der Waals surface area contributed by atoms with Gasteiger partial charge in [0.15, 0.2) is 0 Å². The predicted molar refractivity (Wildman–Crippen MR) is 74.1 cm³/mol. The van der Waals surface area contributed by atoms with Gasteiger partial charge in [-0.15, -0.1) is 0 Å². The number of primary amides is 1. The van der Waals surface area contributed by atoms with E-state index in [2.05, 4.69) is 5.32 Å². The average molecular weight is 263 g/mol. The first-order valence-electron chi connectivity index (χ1n) is 6.14. The molecule has 1 aromatic carbocycles. The molecule has 0 aliphatic rings. The van der Waals surface area contributed by atoms with Crippen LogP contribution >= 0.6 is 0 Å². The minimum atomic E-state index is -0.789. The maximum atomic E-state index is 11.9.